The number of hydrogen-bond donors (Lipinski definition) is 0. The SMILES string of the molecule is [CH-]1CCOC1.[Rh]. The molecular weight excluding hydrogens is 167 g/mol. The topological polar surface area (TPSA) is 9.23 Å². The molecule has 0 aromatic heterocycles. The Bertz CT molecular complexity index is 19.1. The first-order chi connectivity index (χ1) is 2.50. The van der Waals surface area contributed by atoms with Gasteiger partial charge in [0.15, 0.2) is 0 Å². The van der Waals surface area contributed by atoms with Gasteiger partial charge in [-0.25, -0.2) is 0 Å². The van der Waals surface area contributed by atoms with E-state index in [1.807, 2.05) is 0 Å². The predicted octanol–water partition coefficient (Wildman–Crippen LogP) is 0.608. The first kappa shape index (κ1) is 6.58. The third-order valence-corrected chi connectivity index (χ3v) is 0.702. The first-order valence-corrected chi connectivity index (χ1v) is 1.89. The van der Waals surface area contributed by atoms with Crippen molar-refractivity contribution in [3.05, 3.63) is 6.42 Å². The Labute approximate surface area is 50.8 Å². The fourth-order valence-corrected chi connectivity index (χ4v) is 0.417. The summed E-state index contributed by atoms with van der Waals surface area (Å²) in [6.45, 7) is 1.82. The molecule has 1 aliphatic heterocycles. The van der Waals surface area contributed by atoms with Crippen molar-refractivity contribution in [3.8, 4) is 0 Å². The van der Waals surface area contributed by atoms with Crippen LogP contribution in [0.2, 0.25) is 0 Å². The van der Waals surface area contributed by atoms with Gasteiger partial charge in [0, 0.05) is 26.1 Å². The van der Waals surface area contributed by atoms with Gasteiger partial charge in [-0.2, -0.15) is 6.42 Å². The third kappa shape index (κ3) is 1.89. The predicted molar refractivity (Wildman–Crippen MR) is 19.7 cm³/mol. The Balaban J connectivity index is 0.000000250. The molecule has 0 bridgehead atoms. The van der Waals surface area contributed by atoms with Crippen LogP contribution in [0.1, 0.15) is 6.42 Å². The van der Waals surface area contributed by atoms with Crippen molar-refractivity contribution in [3.63, 3.8) is 0 Å². The van der Waals surface area contributed by atoms with Gasteiger partial charge >= 0.3 is 0 Å². The van der Waals surface area contributed by atoms with Crippen molar-refractivity contribution >= 4 is 0 Å². The van der Waals surface area contributed by atoms with Crippen LogP contribution in [-0.4, -0.2) is 13.2 Å². The van der Waals surface area contributed by atoms with E-state index in [0.717, 1.165) is 19.6 Å². The summed E-state index contributed by atoms with van der Waals surface area (Å²) in [4.78, 5) is 0. The van der Waals surface area contributed by atoms with E-state index in [2.05, 4.69) is 6.42 Å². The van der Waals surface area contributed by atoms with Crippen molar-refractivity contribution in [1.29, 1.82) is 0 Å². The molecule has 0 spiro atoms. The average molecular weight is 174 g/mol. The molecule has 0 amide bonds. The van der Waals surface area contributed by atoms with Crippen molar-refractivity contribution in [2.75, 3.05) is 13.2 Å². The third-order valence-electron chi connectivity index (χ3n) is 0.702. The minimum atomic E-state index is 0. The summed E-state index contributed by atoms with van der Waals surface area (Å²) < 4.78 is 4.89. The van der Waals surface area contributed by atoms with Gasteiger partial charge in [0.1, 0.15) is 0 Å². The molecule has 1 rings (SSSR count). The van der Waals surface area contributed by atoms with Crippen molar-refractivity contribution < 1.29 is 24.2 Å². The van der Waals surface area contributed by atoms with Gasteiger partial charge in [-0.1, -0.05) is 6.61 Å². The minimum Gasteiger partial charge on any atom is -0.416 e. The summed E-state index contributed by atoms with van der Waals surface area (Å²) in [7, 11) is 0. The summed E-state index contributed by atoms with van der Waals surface area (Å²) in [5, 5.41) is 0. The summed E-state index contributed by atoms with van der Waals surface area (Å²) in [6.07, 6.45) is 3.29. The van der Waals surface area contributed by atoms with Gasteiger partial charge in [0.25, 0.3) is 0 Å². The standard InChI is InChI=1S/C4H7O.Rh/c1-2-4-5-3-1;/h1H,2-4H2;/q-1;. The zero-order chi connectivity index (χ0) is 3.54. The van der Waals surface area contributed by atoms with E-state index in [1.54, 1.807) is 0 Å². The molecule has 0 aromatic rings. The van der Waals surface area contributed by atoms with Crippen molar-refractivity contribution in [1.82, 2.24) is 0 Å². The van der Waals surface area contributed by atoms with E-state index < -0.39 is 0 Å². The normalized spacial score (nSPS) is 20.0. The largest absolute Gasteiger partial charge is 0.416 e. The van der Waals surface area contributed by atoms with Crippen LogP contribution < -0.4 is 0 Å². The summed E-state index contributed by atoms with van der Waals surface area (Å²) in [5.41, 5.74) is 0. The molecule has 0 aliphatic carbocycles. The Morgan fingerprint density at radius 1 is 1.50 bits per heavy atom. The molecule has 0 atom stereocenters. The van der Waals surface area contributed by atoms with E-state index in [1.165, 1.54) is 0 Å². The average Bonchev–Trinajstić information content (AvgIpc) is 1.76. The van der Waals surface area contributed by atoms with Crippen LogP contribution in [-0.2, 0) is 24.2 Å². The Morgan fingerprint density at radius 3 is 2.50 bits per heavy atom. The van der Waals surface area contributed by atoms with E-state index >= 15 is 0 Å². The van der Waals surface area contributed by atoms with E-state index in [9.17, 15) is 0 Å². The van der Waals surface area contributed by atoms with Gasteiger partial charge in [-0.15, -0.1) is 0 Å². The van der Waals surface area contributed by atoms with Crippen LogP contribution in [0, 0.1) is 6.42 Å². The van der Waals surface area contributed by atoms with Crippen LogP contribution in [0.4, 0.5) is 0 Å². The van der Waals surface area contributed by atoms with Crippen molar-refractivity contribution in [2.24, 2.45) is 0 Å². The maximum absolute atomic E-state index is 4.89. The molecule has 0 unspecified atom stereocenters. The molecular formula is C4H7ORh-. The molecule has 1 nitrogen and oxygen atoms in total. The number of ether oxygens (including phenoxy) is 1. The molecule has 0 aromatic carbocycles. The summed E-state index contributed by atoms with van der Waals surface area (Å²) >= 11 is 0. The van der Waals surface area contributed by atoms with Crippen LogP contribution in [0.25, 0.3) is 0 Å². The van der Waals surface area contributed by atoms with Crippen LogP contribution in [0.3, 0.4) is 0 Å². The van der Waals surface area contributed by atoms with E-state index in [0.29, 0.717) is 0 Å². The molecule has 0 saturated carbocycles. The Kier molecular flexibility index (Phi) is 4.13. The Morgan fingerprint density at radius 2 is 2.33 bits per heavy atom. The molecule has 6 heavy (non-hydrogen) atoms. The molecule has 0 N–H and O–H groups in total. The van der Waals surface area contributed by atoms with E-state index in [4.69, 9.17) is 4.74 Å². The summed E-state index contributed by atoms with van der Waals surface area (Å²) in [6, 6.07) is 0. The molecule has 1 fully saturated rings. The second kappa shape index (κ2) is 3.76. The van der Waals surface area contributed by atoms with Crippen molar-refractivity contribution in [2.45, 2.75) is 6.42 Å². The zero-order valence-electron chi connectivity index (χ0n) is 3.44. The van der Waals surface area contributed by atoms with Gasteiger partial charge in [-0.05, 0) is 0 Å². The van der Waals surface area contributed by atoms with Crippen LogP contribution >= 0.6 is 0 Å². The zero-order valence-corrected chi connectivity index (χ0v) is 5.08. The smallest absolute Gasteiger partial charge is 0.0161 e. The fraction of sp³-hybridized carbons (Fsp3) is 0.750. The fourth-order valence-electron chi connectivity index (χ4n) is 0.417. The maximum atomic E-state index is 4.89. The summed E-state index contributed by atoms with van der Waals surface area (Å²) in [5.74, 6) is 0. The van der Waals surface area contributed by atoms with Crippen LogP contribution in [0.15, 0.2) is 0 Å². The molecule has 1 radical (unpaired) electrons. The maximum Gasteiger partial charge on any atom is 0.0161 e. The molecule has 2 heteroatoms. The quantitative estimate of drug-likeness (QED) is 0.386. The number of hydrogen-bond acceptors (Lipinski definition) is 1. The van der Waals surface area contributed by atoms with Gasteiger partial charge < -0.3 is 11.2 Å². The second-order valence-corrected chi connectivity index (χ2v) is 1.15. The first-order valence-electron chi connectivity index (χ1n) is 1.89. The van der Waals surface area contributed by atoms with E-state index in [-0.39, 0.29) is 19.5 Å². The monoisotopic (exact) mass is 174 g/mol. The molecule has 1 heterocycles. The van der Waals surface area contributed by atoms with Gasteiger partial charge in [0.2, 0.25) is 0 Å². The Hall–Kier alpha value is 0.583. The van der Waals surface area contributed by atoms with Gasteiger partial charge in [-0.3, -0.25) is 0 Å². The molecule has 39 valence electrons. The van der Waals surface area contributed by atoms with Crippen LogP contribution in [0.5, 0.6) is 0 Å². The minimum absolute atomic E-state index is 0. The number of rotatable bonds is 0. The molecule has 1 saturated heterocycles. The van der Waals surface area contributed by atoms with Gasteiger partial charge in [0.05, 0.1) is 0 Å². The molecule has 1 aliphatic rings. The second-order valence-electron chi connectivity index (χ2n) is 1.15.